The summed E-state index contributed by atoms with van der Waals surface area (Å²) in [5, 5.41) is 12.2. The molecule has 5 heteroatoms. The van der Waals surface area contributed by atoms with Crippen molar-refractivity contribution in [2.75, 3.05) is 6.54 Å². The zero-order valence-electron chi connectivity index (χ0n) is 11.9. The Balaban J connectivity index is 1.60. The monoisotopic (exact) mass is 280 g/mol. The Kier molecular flexibility index (Phi) is 3.85. The third-order valence-electron chi connectivity index (χ3n) is 5.41. The second-order valence-electron chi connectivity index (χ2n) is 6.53. The van der Waals surface area contributed by atoms with Crippen LogP contribution in [0.15, 0.2) is 0 Å². The minimum absolute atomic E-state index is 0.0300. The Labute approximate surface area is 119 Å². The van der Waals surface area contributed by atoms with Gasteiger partial charge in [-0.15, -0.1) is 0 Å². The predicted octanol–water partition coefficient (Wildman–Crippen LogP) is 2.21. The summed E-state index contributed by atoms with van der Waals surface area (Å²) in [6, 6.07) is 0.189. The lowest BCUT2D eigenvalue weighted by molar-refractivity contribution is -0.142. The van der Waals surface area contributed by atoms with E-state index in [4.69, 9.17) is 0 Å². The molecule has 20 heavy (non-hydrogen) atoms. The van der Waals surface area contributed by atoms with Crippen LogP contribution >= 0.6 is 0 Å². The summed E-state index contributed by atoms with van der Waals surface area (Å²) in [5.74, 6) is -0.498. The maximum Gasteiger partial charge on any atom is 0.317 e. The average Bonchev–Trinajstić information content (AvgIpc) is 3.04. The molecule has 1 saturated heterocycles. The molecule has 0 bridgehead atoms. The lowest BCUT2D eigenvalue weighted by atomic mass is 9.85. The first-order chi connectivity index (χ1) is 9.66. The van der Waals surface area contributed by atoms with E-state index in [0.29, 0.717) is 18.4 Å². The van der Waals surface area contributed by atoms with Crippen LogP contribution < -0.4 is 5.32 Å². The van der Waals surface area contributed by atoms with Crippen LogP contribution in [0.5, 0.6) is 0 Å². The van der Waals surface area contributed by atoms with Crippen LogP contribution in [-0.2, 0) is 4.79 Å². The molecule has 4 unspecified atom stereocenters. The van der Waals surface area contributed by atoms with Crippen LogP contribution in [0, 0.1) is 11.8 Å². The van der Waals surface area contributed by atoms with Crippen molar-refractivity contribution >= 4 is 12.0 Å². The fourth-order valence-corrected chi connectivity index (χ4v) is 4.33. The molecule has 2 amide bonds. The lowest BCUT2D eigenvalue weighted by Crippen LogP contribution is -2.50. The van der Waals surface area contributed by atoms with Gasteiger partial charge in [-0.2, -0.15) is 0 Å². The normalized spacial score (nSPS) is 36.7. The van der Waals surface area contributed by atoms with Gasteiger partial charge in [0.1, 0.15) is 0 Å². The van der Waals surface area contributed by atoms with E-state index in [9.17, 15) is 14.7 Å². The van der Waals surface area contributed by atoms with Gasteiger partial charge in [0.15, 0.2) is 0 Å². The molecule has 3 fully saturated rings. The SMILES string of the molecule is O=C(O)C1CCCC1NC(=O)N1CCC2CCCCC21. The first kappa shape index (κ1) is 13.7. The Bertz CT molecular complexity index is 399. The number of carbonyl (C=O) groups is 2. The van der Waals surface area contributed by atoms with Gasteiger partial charge in [0.2, 0.25) is 0 Å². The molecule has 5 nitrogen and oxygen atoms in total. The van der Waals surface area contributed by atoms with E-state index in [-0.39, 0.29) is 12.1 Å². The number of nitrogens with zero attached hydrogens (tertiary/aromatic N) is 1. The number of carboxylic acids is 1. The zero-order valence-corrected chi connectivity index (χ0v) is 11.9. The molecule has 2 N–H and O–H groups in total. The Hall–Kier alpha value is -1.26. The van der Waals surface area contributed by atoms with Gasteiger partial charge in [-0.05, 0) is 38.0 Å². The fourth-order valence-electron chi connectivity index (χ4n) is 4.33. The number of hydrogen-bond acceptors (Lipinski definition) is 2. The van der Waals surface area contributed by atoms with Crippen molar-refractivity contribution in [1.82, 2.24) is 10.2 Å². The molecular weight excluding hydrogens is 256 g/mol. The minimum atomic E-state index is -0.773. The summed E-state index contributed by atoms with van der Waals surface area (Å²) in [4.78, 5) is 25.6. The lowest BCUT2D eigenvalue weighted by Gasteiger charge is -2.32. The van der Waals surface area contributed by atoms with Crippen LogP contribution in [0.3, 0.4) is 0 Å². The zero-order chi connectivity index (χ0) is 14.1. The maximum absolute atomic E-state index is 12.4. The van der Waals surface area contributed by atoms with Crippen molar-refractivity contribution < 1.29 is 14.7 Å². The van der Waals surface area contributed by atoms with E-state index >= 15 is 0 Å². The fraction of sp³-hybridized carbons (Fsp3) is 0.867. The number of rotatable bonds is 2. The molecule has 112 valence electrons. The van der Waals surface area contributed by atoms with Crippen LogP contribution in [0.25, 0.3) is 0 Å². The average molecular weight is 280 g/mol. The van der Waals surface area contributed by atoms with E-state index in [1.165, 1.54) is 19.3 Å². The summed E-state index contributed by atoms with van der Waals surface area (Å²) >= 11 is 0. The molecule has 1 heterocycles. The van der Waals surface area contributed by atoms with Gasteiger partial charge in [0, 0.05) is 18.6 Å². The van der Waals surface area contributed by atoms with Gasteiger partial charge in [0.25, 0.3) is 0 Å². The van der Waals surface area contributed by atoms with Gasteiger partial charge in [0.05, 0.1) is 5.92 Å². The first-order valence-electron chi connectivity index (χ1n) is 7.97. The molecule has 2 saturated carbocycles. The number of carbonyl (C=O) groups excluding carboxylic acids is 1. The largest absolute Gasteiger partial charge is 0.481 e. The number of urea groups is 1. The third kappa shape index (κ3) is 2.50. The number of amides is 2. The molecule has 0 aromatic carbocycles. The van der Waals surface area contributed by atoms with Crippen LogP contribution in [-0.4, -0.2) is 40.6 Å². The second kappa shape index (κ2) is 5.62. The minimum Gasteiger partial charge on any atom is -0.481 e. The highest BCUT2D eigenvalue weighted by molar-refractivity contribution is 5.77. The van der Waals surface area contributed by atoms with Crippen molar-refractivity contribution in [3.63, 3.8) is 0 Å². The van der Waals surface area contributed by atoms with E-state index in [0.717, 1.165) is 32.2 Å². The smallest absolute Gasteiger partial charge is 0.317 e. The standard InChI is InChI=1S/C15H24N2O3/c18-14(19)11-5-3-6-12(11)16-15(20)17-9-8-10-4-1-2-7-13(10)17/h10-13H,1-9H2,(H,16,20)(H,18,19). The molecule has 1 aliphatic heterocycles. The molecule has 2 aliphatic carbocycles. The molecule has 0 aromatic rings. The van der Waals surface area contributed by atoms with Gasteiger partial charge >= 0.3 is 12.0 Å². The molecule has 4 atom stereocenters. The van der Waals surface area contributed by atoms with Crippen LogP contribution in [0.1, 0.15) is 51.4 Å². The Morgan fingerprint density at radius 2 is 1.80 bits per heavy atom. The Morgan fingerprint density at radius 1 is 1.00 bits per heavy atom. The van der Waals surface area contributed by atoms with Crippen molar-refractivity contribution in [1.29, 1.82) is 0 Å². The van der Waals surface area contributed by atoms with Gasteiger partial charge < -0.3 is 15.3 Å². The van der Waals surface area contributed by atoms with Gasteiger partial charge in [-0.3, -0.25) is 4.79 Å². The number of nitrogens with one attached hydrogen (secondary N) is 1. The maximum atomic E-state index is 12.4. The highest BCUT2D eigenvalue weighted by atomic mass is 16.4. The molecule has 0 spiro atoms. The summed E-state index contributed by atoms with van der Waals surface area (Å²) < 4.78 is 0. The summed E-state index contributed by atoms with van der Waals surface area (Å²) in [5.41, 5.74) is 0. The topological polar surface area (TPSA) is 69.6 Å². The number of carboxylic acid groups (broad SMARTS) is 1. The van der Waals surface area contributed by atoms with Crippen LogP contribution in [0.4, 0.5) is 4.79 Å². The Morgan fingerprint density at radius 3 is 2.60 bits per heavy atom. The summed E-state index contributed by atoms with van der Waals surface area (Å²) in [7, 11) is 0. The molecular formula is C15H24N2O3. The number of likely N-dealkylation sites (tertiary alicyclic amines) is 1. The predicted molar refractivity (Wildman–Crippen MR) is 74.4 cm³/mol. The molecule has 0 radical (unpaired) electrons. The van der Waals surface area contributed by atoms with Crippen molar-refractivity contribution in [2.45, 2.75) is 63.5 Å². The van der Waals surface area contributed by atoms with Crippen molar-refractivity contribution in [3.8, 4) is 0 Å². The summed E-state index contributed by atoms with van der Waals surface area (Å²) in [6.07, 6.45) is 8.36. The van der Waals surface area contributed by atoms with E-state index < -0.39 is 11.9 Å². The van der Waals surface area contributed by atoms with Crippen LogP contribution in [0.2, 0.25) is 0 Å². The molecule has 0 aromatic heterocycles. The highest BCUT2D eigenvalue weighted by Gasteiger charge is 2.40. The number of fused-ring (bicyclic) bond motifs is 1. The van der Waals surface area contributed by atoms with E-state index in [2.05, 4.69) is 5.32 Å². The third-order valence-corrected chi connectivity index (χ3v) is 5.41. The molecule has 3 rings (SSSR count). The van der Waals surface area contributed by atoms with Crippen molar-refractivity contribution in [3.05, 3.63) is 0 Å². The highest BCUT2D eigenvalue weighted by Crippen LogP contribution is 2.36. The van der Waals surface area contributed by atoms with Gasteiger partial charge in [-0.1, -0.05) is 19.3 Å². The first-order valence-corrected chi connectivity index (χ1v) is 7.97. The van der Waals surface area contributed by atoms with E-state index in [1.807, 2.05) is 4.90 Å². The second-order valence-corrected chi connectivity index (χ2v) is 6.53. The van der Waals surface area contributed by atoms with Gasteiger partial charge in [-0.25, -0.2) is 4.79 Å². The molecule has 3 aliphatic rings. The summed E-state index contributed by atoms with van der Waals surface area (Å²) in [6.45, 7) is 0.839. The number of hydrogen-bond donors (Lipinski definition) is 2. The number of aliphatic carboxylic acids is 1. The van der Waals surface area contributed by atoms with Crippen molar-refractivity contribution in [2.24, 2.45) is 11.8 Å². The van der Waals surface area contributed by atoms with E-state index in [1.54, 1.807) is 0 Å². The quantitative estimate of drug-likeness (QED) is 0.815.